The zero-order valence-corrected chi connectivity index (χ0v) is 24.2. The lowest BCUT2D eigenvalue weighted by Crippen LogP contribution is -2.52. The quantitative estimate of drug-likeness (QED) is 0.304. The number of aromatic hydroxyl groups is 1. The number of anilines is 1. The third kappa shape index (κ3) is 9.29. The molecule has 218 valence electrons. The van der Waals surface area contributed by atoms with E-state index in [4.69, 9.17) is 10.5 Å². The van der Waals surface area contributed by atoms with E-state index in [1.165, 1.54) is 4.90 Å². The lowest BCUT2D eigenvalue weighted by Gasteiger charge is -2.35. The molecule has 0 spiro atoms. The first kappa shape index (κ1) is 32.1. The third-order valence-corrected chi connectivity index (χ3v) is 6.23. The maximum absolute atomic E-state index is 14.1. The number of nitrogens with two attached hydrogens (primary N) is 1. The van der Waals surface area contributed by atoms with Gasteiger partial charge in [0.05, 0.1) is 0 Å². The molecule has 2 rings (SSSR count). The molecule has 0 radical (unpaired) electrons. The molecule has 2 unspecified atom stereocenters. The Morgan fingerprint density at radius 3 is 2.27 bits per heavy atom. The summed E-state index contributed by atoms with van der Waals surface area (Å²) in [6, 6.07) is 9.77. The fraction of sp³-hybridized carbons (Fsp3) is 0.467. The molecule has 0 saturated heterocycles. The number of nitrogens with one attached hydrogen (secondary N) is 2. The van der Waals surface area contributed by atoms with Crippen molar-refractivity contribution in [2.75, 3.05) is 11.9 Å². The van der Waals surface area contributed by atoms with Crippen molar-refractivity contribution in [2.45, 2.75) is 84.9 Å². The molecule has 10 nitrogen and oxygen atoms in total. The van der Waals surface area contributed by atoms with Crippen molar-refractivity contribution in [3.63, 3.8) is 0 Å². The fourth-order valence-corrected chi connectivity index (χ4v) is 4.16. The lowest BCUT2D eigenvalue weighted by molar-refractivity contribution is -0.141. The number of ether oxygens (including phenoxy) is 1. The van der Waals surface area contributed by atoms with Gasteiger partial charge < -0.3 is 31.1 Å². The SMILES string of the molecule is CCCCN(C(=O)C(CCC(N)=O)NC(=O)OC(C)(C)C)C(C(=O)Nc1ccccc1C)c1cccc(C)c1O. The van der Waals surface area contributed by atoms with Gasteiger partial charge >= 0.3 is 6.09 Å². The molecule has 0 saturated carbocycles. The highest BCUT2D eigenvalue weighted by Gasteiger charge is 2.37. The maximum Gasteiger partial charge on any atom is 0.408 e. The van der Waals surface area contributed by atoms with Crippen LogP contribution in [0.1, 0.15) is 76.1 Å². The zero-order chi connectivity index (χ0) is 30.0. The van der Waals surface area contributed by atoms with Gasteiger partial charge in [0.2, 0.25) is 11.8 Å². The normalized spacial score (nSPS) is 12.7. The van der Waals surface area contributed by atoms with Gasteiger partial charge in [0.15, 0.2) is 0 Å². The average molecular weight is 555 g/mol. The number of aryl methyl sites for hydroxylation is 2. The number of carbonyl (C=O) groups is 4. The predicted octanol–water partition coefficient (Wildman–Crippen LogP) is 4.48. The number of nitrogens with zero attached hydrogens (tertiary/aromatic N) is 1. The Labute approximate surface area is 236 Å². The van der Waals surface area contributed by atoms with Crippen LogP contribution in [0.5, 0.6) is 5.75 Å². The van der Waals surface area contributed by atoms with Gasteiger partial charge in [-0.1, -0.05) is 49.7 Å². The maximum atomic E-state index is 14.1. The molecule has 0 aliphatic heterocycles. The van der Waals surface area contributed by atoms with E-state index in [9.17, 15) is 24.3 Å². The van der Waals surface area contributed by atoms with E-state index in [-0.39, 0.29) is 30.7 Å². The molecule has 0 bridgehead atoms. The van der Waals surface area contributed by atoms with Crippen LogP contribution in [-0.2, 0) is 19.1 Å². The summed E-state index contributed by atoms with van der Waals surface area (Å²) in [5.41, 5.74) is 6.68. The Morgan fingerprint density at radius 1 is 1.02 bits per heavy atom. The Balaban J connectivity index is 2.60. The molecule has 0 fully saturated rings. The molecule has 5 N–H and O–H groups in total. The Morgan fingerprint density at radius 2 is 1.68 bits per heavy atom. The van der Waals surface area contributed by atoms with Gasteiger partial charge in [-0.05, 0) is 64.7 Å². The standard InChI is InChI=1S/C30H42N4O6/c1-7-8-18-34(28(38)23(16-17-24(31)35)33-29(39)40-30(4,5)6)25(21-14-11-13-20(3)26(21)36)27(37)32-22-15-10-9-12-19(22)2/h9-15,23,25,36H,7-8,16-18H2,1-6H3,(H2,31,35)(H,32,37)(H,33,39). The van der Waals surface area contributed by atoms with Crippen molar-refractivity contribution >= 4 is 29.5 Å². The van der Waals surface area contributed by atoms with Crippen LogP contribution in [0.4, 0.5) is 10.5 Å². The minimum absolute atomic E-state index is 0.0953. The van der Waals surface area contributed by atoms with Crippen molar-refractivity contribution in [3.05, 3.63) is 59.2 Å². The number of benzene rings is 2. The lowest BCUT2D eigenvalue weighted by atomic mass is 9.98. The summed E-state index contributed by atoms with van der Waals surface area (Å²) in [5, 5.41) is 16.5. The molecular formula is C30H42N4O6. The van der Waals surface area contributed by atoms with Crippen LogP contribution in [0.3, 0.4) is 0 Å². The smallest absolute Gasteiger partial charge is 0.408 e. The van der Waals surface area contributed by atoms with Gasteiger partial charge in [0.25, 0.3) is 5.91 Å². The van der Waals surface area contributed by atoms with Crippen LogP contribution < -0.4 is 16.4 Å². The van der Waals surface area contributed by atoms with Gasteiger partial charge in [-0.3, -0.25) is 14.4 Å². The Hall–Kier alpha value is -4.08. The summed E-state index contributed by atoms with van der Waals surface area (Å²) in [4.78, 5) is 53.7. The number of hydrogen-bond acceptors (Lipinski definition) is 6. The van der Waals surface area contributed by atoms with E-state index in [1.54, 1.807) is 58.0 Å². The molecule has 10 heteroatoms. The number of phenols is 1. The highest BCUT2D eigenvalue weighted by Crippen LogP contribution is 2.33. The number of unbranched alkanes of at least 4 members (excludes halogenated alkanes) is 1. The number of hydrogen-bond donors (Lipinski definition) is 4. The number of alkyl carbamates (subject to hydrolysis) is 1. The van der Waals surface area contributed by atoms with Gasteiger partial charge in [0, 0.05) is 24.2 Å². The van der Waals surface area contributed by atoms with Crippen molar-refractivity contribution in [1.29, 1.82) is 0 Å². The summed E-state index contributed by atoms with van der Waals surface area (Å²) in [5.74, 6) is -1.90. The van der Waals surface area contributed by atoms with E-state index in [2.05, 4.69) is 10.6 Å². The van der Waals surface area contributed by atoms with E-state index in [1.807, 2.05) is 26.0 Å². The van der Waals surface area contributed by atoms with Gasteiger partial charge in [-0.15, -0.1) is 0 Å². The van der Waals surface area contributed by atoms with Crippen LogP contribution in [-0.4, -0.2) is 52.0 Å². The number of amides is 4. The van der Waals surface area contributed by atoms with Crippen molar-refractivity contribution in [3.8, 4) is 5.75 Å². The van der Waals surface area contributed by atoms with Gasteiger partial charge in [-0.25, -0.2) is 4.79 Å². The molecule has 0 aromatic heterocycles. The summed E-state index contributed by atoms with van der Waals surface area (Å²) < 4.78 is 5.35. The molecule has 2 aromatic carbocycles. The minimum atomic E-state index is -1.24. The summed E-state index contributed by atoms with van der Waals surface area (Å²) in [6.07, 6.45) is 0.138. The molecule has 2 aromatic rings. The number of rotatable bonds is 12. The molecule has 40 heavy (non-hydrogen) atoms. The van der Waals surface area contributed by atoms with Gasteiger partial charge in [-0.2, -0.15) is 0 Å². The second kappa shape index (κ2) is 14.3. The molecule has 0 heterocycles. The predicted molar refractivity (Wildman–Crippen MR) is 154 cm³/mol. The van der Waals surface area contributed by atoms with Crippen LogP contribution in [0, 0.1) is 13.8 Å². The first-order chi connectivity index (χ1) is 18.7. The van der Waals surface area contributed by atoms with E-state index in [0.717, 1.165) is 5.56 Å². The highest BCUT2D eigenvalue weighted by molar-refractivity contribution is 6.00. The van der Waals surface area contributed by atoms with E-state index in [0.29, 0.717) is 24.1 Å². The number of primary amides is 1. The second-order valence-corrected chi connectivity index (χ2v) is 10.8. The molecule has 0 aliphatic carbocycles. The summed E-state index contributed by atoms with van der Waals surface area (Å²) >= 11 is 0. The zero-order valence-electron chi connectivity index (χ0n) is 24.2. The fourth-order valence-electron chi connectivity index (χ4n) is 4.16. The van der Waals surface area contributed by atoms with Crippen molar-refractivity contribution in [2.24, 2.45) is 5.73 Å². The monoisotopic (exact) mass is 554 g/mol. The molecule has 0 aliphatic rings. The first-order valence-electron chi connectivity index (χ1n) is 13.5. The van der Waals surface area contributed by atoms with Crippen LogP contribution in [0.25, 0.3) is 0 Å². The van der Waals surface area contributed by atoms with E-state index < -0.39 is 41.5 Å². The Kier molecular flexibility index (Phi) is 11.5. The Bertz CT molecular complexity index is 1210. The van der Waals surface area contributed by atoms with Crippen LogP contribution >= 0.6 is 0 Å². The van der Waals surface area contributed by atoms with Crippen LogP contribution in [0.2, 0.25) is 0 Å². The van der Waals surface area contributed by atoms with Gasteiger partial charge in [0.1, 0.15) is 23.4 Å². The first-order valence-corrected chi connectivity index (χ1v) is 13.5. The minimum Gasteiger partial charge on any atom is -0.507 e. The third-order valence-electron chi connectivity index (χ3n) is 6.23. The molecule has 2 atom stereocenters. The molecular weight excluding hydrogens is 512 g/mol. The highest BCUT2D eigenvalue weighted by atomic mass is 16.6. The van der Waals surface area contributed by atoms with Crippen molar-refractivity contribution < 1.29 is 29.0 Å². The van der Waals surface area contributed by atoms with E-state index >= 15 is 0 Å². The largest absolute Gasteiger partial charge is 0.507 e. The number of phenolic OH excluding ortho intramolecular Hbond substituents is 1. The van der Waals surface area contributed by atoms with Crippen LogP contribution in [0.15, 0.2) is 42.5 Å². The average Bonchev–Trinajstić information content (AvgIpc) is 2.86. The van der Waals surface area contributed by atoms with Crippen molar-refractivity contribution in [1.82, 2.24) is 10.2 Å². The summed E-state index contributed by atoms with van der Waals surface area (Å²) in [7, 11) is 0. The summed E-state index contributed by atoms with van der Waals surface area (Å²) in [6.45, 7) is 10.7. The topological polar surface area (TPSA) is 151 Å². The number of carbonyl (C=O) groups excluding carboxylic acids is 4. The molecule has 4 amide bonds. The number of para-hydroxylation sites is 2. The second-order valence-electron chi connectivity index (χ2n) is 10.8.